The molecule has 0 N–H and O–H groups in total. The first-order valence-electron chi connectivity index (χ1n) is 8.79. The highest BCUT2D eigenvalue weighted by Crippen LogP contribution is 2.32. The van der Waals surface area contributed by atoms with Crippen LogP contribution >= 0.6 is 0 Å². The van der Waals surface area contributed by atoms with E-state index in [0.717, 1.165) is 5.75 Å². The summed E-state index contributed by atoms with van der Waals surface area (Å²) in [6.07, 6.45) is 1.79. The number of hydrogen-bond donors (Lipinski definition) is 0. The smallest absolute Gasteiger partial charge is 0.246 e. The molecule has 2 heterocycles. The van der Waals surface area contributed by atoms with Crippen LogP contribution in [0.4, 0.5) is 0 Å². The van der Waals surface area contributed by atoms with Crippen LogP contribution in [0.2, 0.25) is 0 Å². The van der Waals surface area contributed by atoms with Crippen LogP contribution in [0.1, 0.15) is 11.7 Å². The third-order valence-electron chi connectivity index (χ3n) is 4.58. The van der Waals surface area contributed by atoms with Gasteiger partial charge in [0.2, 0.25) is 10.0 Å². The zero-order chi connectivity index (χ0) is 19.6. The number of hydrogen-bond acceptors (Lipinski definition) is 6. The van der Waals surface area contributed by atoms with Crippen molar-refractivity contribution >= 4 is 10.0 Å². The fourth-order valence-electron chi connectivity index (χ4n) is 2.98. The summed E-state index contributed by atoms with van der Waals surface area (Å²) in [4.78, 5) is 0.173. The lowest BCUT2D eigenvalue weighted by Crippen LogP contribution is -2.50. The molecule has 2 aromatic carbocycles. The van der Waals surface area contributed by atoms with E-state index in [9.17, 15) is 8.42 Å². The van der Waals surface area contributed by atoms with Gasteiger partial charge in [0.15, 0.2) is 0 Å². The Bertz CT molecular complexity index is 1050. The molecule has 1 aromatic heterocycles. The standard InChI is InChI=1S/C19H20N4O4S/c1-26-18-9-5-6-10-19(18)28(24,25)22-12-16(13-22)23-11-15(20-21-23)14-27-17-7-3-2-4-8-17/h2-11,16H,12-14H2,1H3. The molecule has 0 unspecified atom stereocenters. The molecule has 0 spiro atoms. The van der Waals surface area contributed by atoms with Crippen LogP contribution in [-0.2, 0) is 16.6 Å². The van der Waals surface area contributed by atoms with Gasteiger partial charge in [-0.05, 0) is 24.3 Å². The van der Waals surface area contributed by atoms with Gasteiger partial charge in [-0.25, -0.2) is 13.1 Å². The zero-order valence-electron chi connectivity index (χ0n) is 15.3. The molecular formula is C19H20N4O4S. The van der Waals surface area contributed by atoms with E-state index in [-0.39, 0.29) is 10.9 Å². The monoisotopic (exact) mass is 400 g/mol. The number of nitrogens with zero attached hydrogens (tertiary/aromatic N) is 4. The van der Waals surface area contributed by atoms with Crippen molar-refractivity contribution < 1.29 is 17.9 Å². The molecule has 0 saturated carbocycles. The van der Waals surface area contributed by atoms with Crippen molar-refractivity contribution in [3.63, 3.8) is 0 Å². The quantitative estimate of drug-likeness (QED) is 0.604. The van der Waals surface area contributed by atoms with Crippen LogP contribution in [0.15, 0.2) is 65.7 Å². The summed E-state index contributed by atoms with van der Waals surface area (Å²) in [5.74, 6) is 1.10. The molecule has 3 aromatic rings. The van der Waals surface area contributed by atoms with Crippen LogP contribution < -0.4 is 9.47 Å². The molecule has 0 aliphatic carbocycles. The van der Waals surface area contributed by atoms with Gasteiger partial charge in [-0.15, -0.1) is 5.10 Å². The highest BCUT2D eigenvalue weighted by atomic mass is 32.2. The predicted molar refractivity (Wildman–Crippen MR) is 102 cm³/mol. The summed E-state index contributed by atoms with van der Waals surface area (Å²) in [7, 11) is -2.14. The molecular weight excluding hydrogens is 380 g/mol. The number of benzene rings is 2. The highest BCUT2D eigenvalue weighted by molar-refractivity contribution is 7.89. The molecule has 1 fully saturated rings. The summed E-state index contributed by atoms with van der Waals surface area (Å²) >= 11 is 0. The molecule has 0 atom stereocenters. The van der Waals surface area contributed by atoms with E-state index in [1.165, 1.54) is 11.4 Å². The van der Waals surface area contributed by atoms with Gasteiger partial charge in [-0.1, -0.05) is 35.5 Å². The van der Waals surface area contributed by atoms with Gasteiger partial charge in [0.05, 0.1) is 19.3 Å². The average molecular weight is 400 g/mol. The number of para-hydroxylation sites is 2. The Labute approximate surface area is 163 Å². The first kappa shape index (κ1) is 18.5. The van der Waals surface area contributed by atoms with Crippen molar-refractivity contribution in [3.05, 3.63) is 66.5 Å². The molecule has 4 rings (SSSR count). The molecule has 1 saturated heterocycles. The molecule has 9 heteroatoms. The summed E-state index contributed by atoms with van der Waals surface area (Å²) in [6, 6.07) is 16.0. The normalized spacial score (nSPS) is 15.2. The third kappa shape index (κ3) is 3.58. The zero-order valence-corrected chi connectivity index (χ0v) is 16.1. The Morgan fingerprint density at radius 2 is 1.79 bits per heavy atom. The van der Waals surface area contributed by atoms with E-state index in [0.29, 0.717) is 31.1 Å². The average Bonchev–Trinajstić information content (AvgIpc) is 3.14. The van der Waals surface area contributed by atoms with E-state index in [1.807, 2.05) is 30.3 Å². The molecule has 1 aliphatic heterocycles. The van der Waals surface area contributed by atoms with Gasteiger partial charge in [-0.2, -0.15) is 4.31 Å². The van der Waals surface area contributed by atoms with Crippen molar-refractivity contribution in [2.45, 2.75) is 17.5 Å². The predicted octanol–water partition coefficient (Wildman–Crippen LogP) is 2.11. The first-order valence-corrected chi connectivity index (χ1v) is 10.2. The van der Waals surface area contributed by atoms with E-state index < -0.39 is 10.0 Å². The van der Waals surface area contributed by atoms with E-state index in [2.05, 4.69) is 10.3 Å². The largest absolute Gasteiger partial charge is 0.495 e. The summed E-state index contributed by atoms with van der Waals surface area (Å²) < 4.78 is 39.6. The van der Waals surface area contributed by atoms with Crippen molar-refractivity contribution in [2.24, 2.45) is 0 Å². The number of rotatable bonds is 7. The van der Waals surface area contributed by atoms with Gasteiger partial charge >= 0.3 is 0 Å². The Hall–Kier alpha value is -2.91. The minimum absolute atomic E-state index is 0.0533. The second-order valence-electron chi connectivity index (χ2n) is 6.42. The minimum atomic E-state index is -3.60. The fourth-order valence-corrected chi connectivity index (χ4v) is 4.65. The minimum Gasteiger partial charge on any atom is -0.495 e. The fraction of sp³-hybridized carbons (Fsp3) is 0.263. The molecule has 8 nitrogen and oxygen atoms in total. The first-order chi connectivity index (χ1) is 13.6. The number of sulfonamides is 1. The highest BCUT2D eigenvalue weighted by Gasteiger charge is 2.39. The second kappa shape index (κ2) is 7.61. The van der Waals surface area contributed by atoms with E-state index in [4.69, 9.17) is 9.47 Å². The SMILES string of the molecule is COc1ccccc1S(=O)(=O)N1CC(n2cc(COc3ccccc3)nn2)C1. The van der Waals surface area contributed by atoms with Gasteiger partial charge in [-0.3, -0.25) is 0 Å². The van der Waals surface area contributed by atoms with Crippen LogP contribution in [0, 0.1) is 0 Å². The van der Waals surface area contributed by atoms with Crippen LogP contribution in [0.5, 0.6) is 11.5 Å². The maximum Gasteiger partial charge on any atom is 0.246 e. The molecule has 28 heavy (non-hydrogen) atoms. The van der Waals surface area contributed by atoms with E-state index in [1.54, 1.807) is 35.1 Å². The van der Waals surface area contributed by atoms with Crippen LogP contribution in [0.25, 0.3) is 0 Å². The maximum absolute atomic E-state index is 12.8. The van der Waals surface area contributed by atoms with Gasteiger partial charge in [0.1, 0.15) is 28.7 Å². The van der Waals surface area contributed by atoms with Gasteiger partial charge in [0.25, 0.3) is 0 Å². The van der Waals surface area contributed by atoms with Crippen molar-refractivity contribution in [1.29, 1.82) is 0 Å². The van der Waals surface area contributed by atoms with Crippen LogP contribution in [0.3, 0.4) is 0 Å². The molecule has 0 amide bonds. The molecule has 1 aliphatic rings. The lowest BCUT2D eigenvalue weighted by molar-refractivity contribution is 0.188. The third-order valence-corrected chi connectivity index (χ3v) is 6.45. The van der Waals surface area contributed by atoms with Crippen molar-refractivity contribution in [1.82, 2.24) is 19.3 Å². The van der Waals surface area contributed by atoms with Crippen LogP contribution in [-0.4, -0.2) is 47.9 Å². The van der Waals surface area contributed by atoms with E-state index >= 15 is 0 Å². The Balaban J connectivity index is 1.38. The summed E-state index contributed by atoms with van der Waals surface area (Å²) in [6.45, 7) is 0.978. The van der Waals surface area contributed by atoms with Crippen molar-refractivity contribution in [2.75, 3.05) is 20.2 Å². The lowest BCUT2D eigenvalue weighted by atomic mass is 10.2. The molecule has 0 radical (unpaired) electrons. The summed E-state index contributed by atoms with van der Waals surface area (Å²) in [5, 5.41) is 8.22. The Kier molecular flexibility index (Phi) is 5.01. The maximum atomic E-state index is 12.8. The molecule has 146 valence electrons. The number of ether oxygens (including phenoxy) is 2. The number of methoxy groups -OCH3 is 1. The Morgan fingerprint density at radius 3 is 2.54 bits per heavy atom. The van der Waals surface area contributed by atoms with Crippen molar-refractivity contribution in [3.8, 4) is 11.5 Å². The molecule has 0 bridgehead atoms. The van der Waals surface area contributed by atoms with Gasteiger partial charge < -0.3 is 9.47 Å². The second-order valence-corrected chi connectivity index (χ2v) is 8.32. The summed E-state index contributed by atoms with van der Waals surface area (Å²) in [5.41, 5.74) is 0.690. The Morgan fingerprint density at radius 1 is 1.07 bits per heavy atom. The van der Waals surface area contributed by atoms with Gasteiger partial charge in [0, 0.05) is 13.1 Å². The lowest BCUT2D eigenvalue weighted by Gasteiger charge is -2.37. The number of aromatic nitrogens is 3. The topological polar surface area (TPSA) is 86.6 Å².